The second-order valence-electron chi connectivity index (χ2n) is 6.26. The molecule has 0 N–H and O–H groups in total. The Balaban J connectivity index is 1.79. The van der Waals surface area contributed by atoms with Gasteiger partial charge in [0.25, 0.3) is 0 Å². The molecule has 20 heavy (non-hydrogen) atoms. The summed E-state index contributed by atoms with van der Waals surface area (Å²) in [6.07, 6.45) is 6.76. The molecular formula is C16H27NO3. The van der Waals surface area contributed by atoms with E-state index < -0.39 is 0 Å². The minimum Gasteiger partial charge on any atom is -0.378 e. The van der Waals surface area contributed by atoms with Gasteiger partial charge in [0, 0.05) is 32.0 Å². The van der Waals surface area contributed by atoms with Crippen LogP contribution in [0.1, 0.15) is 58.8 Å². The number of Topliss-reactive ketones (excluding diaryl/α,β-unsaturated/α-hetero) is 1. The number of rotatable bonds is 6. The number of nitrogens with zero attached hydrogens (tertiary/aromatic N) is 1. The molecule has 1 saturated heterocycles. The van der Waals surface area contributed by atoms with Crippen LogP contribution in [0.2, 0.25) is 0 Å². The molecule has 1 aliphatic carbocycles. The van der Waals surface area contributed by atoms with E-state index in [1.165, 1.54) is 0 Å². The highest BCUT2D eigenvalue weighted by Crippen LogP contribution is 2.34. The molecule has 0 aromatic rings. The number of amides is 1. The van der Waals surface area contributed by atoms with Gasteiger partial charge in [-0.15, -0.1) is 0 Å². The van der Waals surface area contributed by atoms with Crippen molar-refractivity contribution in [3.05, 3.63) is 0 Å². The highest BCUT2D eigenvalue weighted by Gasteiger charge is 2.34. The highest BCUT2D eigenvalue weighted by molar-refractivity contribution is 5.80. The first-order valence-corrected chi connectivity index (χ1v) is 8.00. The summed E-state index contributed by atoms with van der Waals surface area (Å²) in [6, 6.07) is 0.150. The third-order valence-corrected chi connectivity index (χ3v) is 4.53. The predicted octanol–water partition coefficient (Wildman–Crippen LogP) is 2.55. The molecule has 0 bridgehead atoms. The van der Waals surface area contributed by atoms with Gasteiger partial charge in [0.05, 0.1) is 6.10 Å². The van der Waals surface area contributed by atoms with Crippen molar-refractivity contribution in [3.63, 3.8) is 0 Å². The fourth-order valence-corrected chi connectivity index (χ4v) is 3.45. The van der Waals surface area contributed by atoms with Crippen molar-refractivity contribution in [1.82, 2.24) is 4.90 Å². The smallest absolute Gasteiger partial charge is 0.223 e. The van der Waals surface area contributed by atoms with Gasteiger partial charge in [-0.25, -0.2) is 0 Å². The third-order valence-electron chi connectivity index (χ3n) is 4.53. The first kappa shape index (κ1) is 15.5. The molecule has 0 aromatic carbocycles. The van der Waals surface area contributed by atoms with Gasteiger partial charge in [0.15, 0.2) is 0 Å². The molecule has 0 spiro atoms. The number of hydrogen-bond acceptors (Lipinski definition) is 3. The average molecular weight is 281 g/mol. The number of likely N-dealkylation sites (tertiary alicyclic amines) is 1. The van der Waals surface area contributed by atoms with Crippen molar-refractivity contribution in [2.24, 2.45) is 5.92 Å². The second kappa shape index (κ2) is 7.21. The van der Waals surface area contributed by atoms with Crippen molar-refractivity contribution >= 4 is 11.7 Å². The molecular weight excluding hydrogens is 254 g/mol. The monoisotopic (exact) mass is 281 g/mol. The lowest BCUT2D eigenvalue weighted by atomic mass is 9.79. The number of ether oxygens (including phenoxy) is 1. The molecule has 1 heterocycles. The van der Waals surface area contributed by atoms with Crippen molar-refractivity contribution < 1.29 is 14.3 Å². The minimum atomic E-state index is 0.150. The maximum Gasteiger partial charge on any atom is 0.223 e. The molecule has 0 aromatic heterocycles. The van der Waals surface area contributed by atoms with Gasteiger partial charge < -0.3 is 9.64 Å². The standard InChI is InChI=1S/C16H27NO3/c1-3-20-15-9-13(10-15)11-16(19)17-7-5-4-6-14(17)8-12(2)18/h13-15H,3-11H2,1-2H3. The Morgan fingerprint density at radius 2 is 1.95 bits per heavy atom. The lowest BCUT2D eigenvalue weighted by Crippen LogP contribution is -2.46. The zero-order chi connectivity index (χ0) is 14.5. The highest BCUT2D eigenvalue weighted by atomic mass is 16.5. The van der Waals surface area contributed by atoms with Crippen molar-refractivity contribution in [2.75, 3.05) is 13.2 Å². The summed E-state index contributed by atoms with van der Waals surface area (Å²) in [5.74, 6) is 0.921. The van der Waals surface area contributed by atoms with Crippen LogP contribution in [0.5, 0.6) is 0 Å². The SMILES string of the molecule is CCOC1CC(CC(=O)N2CCCCC2CC(C)=O)C1. The summed E-state index contributed by atoms with van der Waals surface area (Å²) in [4.78, 5) is 25.7. The molecule has 1 atom stereocenters. The van der Waals surface area contributed by atoms with E-state index >= 15 is 0 Å². The Morgan fingerprint density at radius 3 is 2.60 bits per heavy atom. The Hall–Kier alpha value is -0.900. The summed E-state index contributed by atoms with van der Waals surface area (Å²) in [6.45, 7) is 5.23. The maximum atomic E-state index is 12.4. The quantitative estimate of drug-likeness (QED) is 0.751. The van der Waals surface area contributed by atoms with Crippen molar-refractivity contribution in [1.29, 1.82) is 0 Å². The summed E-state index contributed by atoms with van der Waals surface area (Å²) < 4.78 is 5.54. The van der Waals surface area contributed by atoms with Gasteiger partial charge in [0.1, 0.15) is 5.78 Å². The van der Waals surface area contributed by atoms with Gasteiger partial charge in [-0.2, -0.15) is 0 Å². The number of carbonyl (C=O) groups excluding carboxylic acids is 2. The number of piperidine rings is 1. The normalized spacial score (nSPS) is 29.9. The molecule has 1 unspecified atom stereocenters. The van der Waals surface area contributed by atoms with Crippen LogP contribution in [-0.4, -0.2) is 41.9 Å². The fourth-order valence-electron chi connectivity index (χ4n) is 3.45. The van der Waals surface area contributed by atoms with E-state index in [-0.39, 0.29) is 17.7 Å². The summed E-state index contributed by atoms with van der Waals surface area (Å²) >= 11 is 0. The Kier molecular flexibility index (Phi) is 5.58. The van der Waals surface area contributed by atoms with E-state index in [2.05, 4.69) is 0 Å². The van der Waals surface area contributed by atoms with E-state index in [0.29, 0.717) is 24.9 Å². The molecule has 4 heteroatoms. The van der Waals surface area contributed by atoms with E-state index in [1.807, 2.05) is 11.8 Å². The zero-order valence-corrected chi connectivity index (χ0v) is 12.8. The van der Waals surface area contributed by atoms with E-state index in [9.17, 15) is 9.59 Å². The first-order chi connectivity index (χ1) is 9.60. The maximum absolute atomic E-state index is 12.4. The minimum absolute atomic E-state index is 0.150. The van der Waals surface area contributed by atoms with Gasteiger partial charge >= 0.3 is 0 Å². The molecule has 2 fully saturated rings. The Morgan fingerprint density at radius 1 is 1.20 bits per heavy atom. The molecule has 114 valence electrons. The molecule has 1 amide bonds. The first-order valence-electron chi connectivity index (χ1n) is 8.00. The lowest BCUT2D eigenvalue weighted by Gasteiger charge is -2.39. The Labute approximate surface area is 121 Å². The number of hydrogen-bond donors (Lipinski definition) is 0. The van der Waals surface area contributed by atoms with Crippen LogP contribution >= 0.6 is 0 Å². The van der Waals surface area contributed by atoms with Gasteiger partial charge in [-0.1, -0.05) is 0 Å². The van der Waals surface area contributed by atoms with Crippen molar-refractivity contribution in [2.45, 2.75) is 70.9 Å². The van der Waals surface area contributed by atoms with Crippen LogP contribution in [0.3, 0.4) is 0 Å². The summed E-state index contributed by atoms with van der Waals surface area (Å²) in [7, 11) is 0. The number of carbonyl (C=O) groups is 2. The molecule has 4 nitrogen and oxygen atoms in total. The van der Waals surface area contributed by atoms with E-state index in [4.69, 9.17) is 4.74 Å². The summed E-state index contributed by atoms with van der Waals surface area (Å²) in [5.41, 5.74) is 0. The molecule has 0 radical (unpaired) electrons. The average Bonchev–Trinajstić information content (AvgIpc) is 2.36. The van der Waals surface area contributed by atoms with E-state index in [0.717, 1.165) is 45.3 Å². The van der Waals surface area contributed by atoms with E-state index in [1.54, 1.807) is 6.92 Å². The lowest BCUT2D eigenvalue weighted by molar-refractivity contribution is -0.138. The van der Waals surface area contributed by atoms with Crippen LogP contribution in [-0.2, 0) is 14.3 Å². The largest absolute Gasteiger partial charge is 0.378 e. The number of ketones is 1. The van der Waals surface area contributed by atoms with Crippen molar-refractivity contribution in [3.8, 4) is 0 Å². The molecule has 2 rings (SSSR count). The third kappa shape index (κ3) is 4.05. The molecule has 2 aliphatic rings. The molecule has 1 saturated carbocycles. The second-order valence-corrected chi connectivity index (χ2v) is 6.26. The van der Waals surface area contributed by atoms with Crippen LogP contribution in [0.4, 0.5) is 0 Å². The zero-order valence-electron chi connectivity index (χ0n) is 12.8. The van der Waals surface area contributed by atoms with Crippen LogP contribution in [0, 0.1) is 5.92 Å². The van der Waals surface area contributed by atoms with Gasteiger partial charge in [0.2, 0.25) is 5.91 Å². The predicted molar refractivity (Wildman–Crippen MR) is 77.4 cm³/mol. The van der Waals surface area contributed by atoms with Gasteiger partial charge in [-0.3, -0.25) is 9.59 Å². The molecule has 1 aliphatic heterocycles. The topological polar surface area (TPSA) is 46.6 Å². The Bertz CT molecular complexity index is 350. The summed E-state index contributed by atoms with van der Waals surface area (Å²) in [5, 5.41) is 0. The van der Waals surface area contributed by atoms with Gasteiger partial charge in [-0.05, 0) is 51.9 Å². The van der Waals surface area contributed by atoms with Crippen LogP contribution in [0.25, 0.3) is 0 Å². The fraction of sp³-hybridized carbons (Fsp3) is 0.875. The van der Waals surface area contributed by atoms with Crippen LogP contribution < -0.4 is 0 Å². The van der Waals surface area contributed by atoms with Crippen LogP contribution in [0.15, 0.2) is 0 Å².